The number of nitrogens with one attached hydrogen (secondary N) is 1. The number of hydrogen-bond donors (Lipinski definition) is 1. The normalized spacial score (nSPS) is 21.4. The smallest absolute Gasteiger partial charge is 0.222 e. The molecule has 1 aromatic carbocycles. The average Bonchev–Trinajstić information content (AvgIpc) is 2.01. The molecular formula is C9H8BrNO. The zero-order valence-corrected chi connectivity index (χ0v) is 7.97. The summed E-state index contributed by atoms with van der Waals surface area (Å²) in [6, 6.07) is 8.26. The Balaban J connectivity index is 2.14. The number of hydrogen-bond acceptors (Lipinski definition) is 1. The van der Waals surface area contributed by atoms with Gasteiger partial charge < -0.3 is 5.32 Å². The van der Waals surface area contributed by atoms with E-state index in [2.05, 4.69) is 21.2 Å². The number of amides is 1. The van der Waals surface area contributed by atoms with Crippen molar-refractivity contribution in [2.45, 2.75) is 12.5 Å². The van der Waals surface area contributed by atoms with Crippen LogP contribution in [0.3, 0.4) is 0 Å². The van der Waals surface area contributed by atoms with Crippen LogP contribution in [0.25, 0.3) is 0 Å². The summed E-state index contributed by atoms with van der Waals surface area (Å²) in [7, 11) is 0. The molecule has 0 aromatic heterocycles. The minimum atomic E-state index is 0.142. The SMILES string of the molecule is O=C1C[C@@H](c2ccc(Br)cc2)N1. The molecule has 3 heteroatoms. The minimum Gasteiger partial charge on any atom is -0.349 e. The van der Waals surface area contributed by atoms with Gasteiger partial charge in [-0.05, 0) is 17.7 Å². The van der Waals surface area contributed by atoms with Gasteiger partial charge in [0.2, 0.25) is 5.91 Å². The van der Waals surface area contributed by atoms with Crippen LogP contribution in [-0.2, 0) is 4.79 Å². The summed E-state index contributed by atoms with van der Waals surface area (Å²) in [6.45, 7) is 0. The maximum absolute atomic E-state index is 10.6. The third-order valence-electron chi connectivity index (χ3n) is 2.00. The Morgan fingerprint density at radius 3 is 2.42 bits per heavy atom. The summed E-state index contributed by atoms with van der Waals surface area (Å²) >= 11 is 3.36. The van der Waals surface area contributed by atoms with Crippen LogP contribution < -0.4 is 5.32 Å². The highest BCUT2D eigenvalue weighted by Gasteiger charge is 2.26. The second-order valence-electron chi connectivity index (χ2n) is 2.88. The third-order valence-corrected chi connectivity index (χ3v) is 2.53. The first-order valence-corrected chi connectivity index (χ1v) is 4.60. The molecule has 62 valence electrons. The van der Waals surface area contributed by atoms with E-state index in [-0.39, 0.29) is 11.9 Å². The topological polar surface area (TPSA) is 29.1 Å². The van der Waals surface area contributed by atoms with Crippen molar-refractivity contribution in [1.29, 1.82) is 0 Å². The van der Waals surface area contributed by atoms with Gasteiger partial charge in [0, 0.05) is 4.47 Å². The van der Waals surface area contributed by atoms with Crippen LogP contribution in [0.15, 0.2) is 28.7 Å². The average molecular weight is 226 g/mol. The molecule has 1 heterocycles. The first-order valence-electron chi connectivity index (χ1n) is 3.80. The molecule has 1 aliphatic heterocycles. The molecule has 0 bridgehead atoms. The lowest BCUT2D eigenvalue weighted by atomic mass is 9.98. The van der Waals surface area contributed by atoms with Gasteiger partial charge in [-0.3, -0.25) is 4.79 Å². The van der Waals surface area contributed by atoms with Gasteiger partial charge in [-0.1, -0.05) is 28.1 Å². The Morgan fingerprint density at radius 2 is 1.92 bits per heavy atom. The van der Waals surface area contributed by atoms with Gasteiger partial charge in [-0.15, -0.1) is 0 Å². The van der Waals surface area contributed by atoms with Crippen LogP contribution in [0, 0.1) is 0 Å². The fraction of sp³-hybridized carbons (Fsp3) is 0.222. The highest BCUT2D eigenvalue weighted by Crippen LogP contribution is 2.24. The lowest BCUT2D eigenvalue weighted by molar-refractivity contribution is -0.128. The van der Waals surface area contributed by atoms with Crippen molar-refractivity contribution in [3.8, 4) is 0 Å². The van der Waals surface area contributed by atoms with Crippen LogP contribution >= 0.6 is 15.9 Å². The maximum Gasteiger partial charge on any atom is 0.222 e. The summed E-state index contributed by atoms with van der Waals surface area (Å²) in [5.74, 6) is 0.142. The monoisotopic (exact) mass is 225 g/mol. The molecule has 1 atom stereocenters. The summed E-state index contributed by atoms with van der Waals surface area (Å²) in [4.78, 5) is 10.6. The van der Waals surface area contributed by atoms with Crippen molar-refractivity contribution in [3.05, 3.63) is 34.3 Å². The van der Waals surface area contributed by atoms with E-state index in [0.717, 1.165) is 4.47 Å². The Hall–Kier alpha value is -0.830. The molecule has 1 saturated heterocycles. The van der Waals surface area contributed by atoms with Gasteiger partial charge in [0.15, 0.2) is 0 Å². The fourth-order valence-corrected chi connectivity index (χ4v) is 1.52. The van der Waals surface area contributed by atoms with E-state index >= 15 is 0 Å². The van der Waals surface area contributed by atoms with E-state index in [9.17, 15) is 4.79 Å². The van der Waals surface area contributed by atoms with Gasteiger partial charge in [-0.25, -0.2) is 0 Å². The maximum atomic E-state index is 10.6. The molecule has 1 N–H and O–H groups in total. The predicted octanol–water partition coefficient (Wildman–Crippen LogP) is 2.01. The van der Waals surface area contributed by atoms with E-state index < -0.39 is 0 Å². The van der Waals surface area contributed by atoms with Crippen LogP contribution in [-0.4, -0.2) is 5.91 Å². The second kappa shape index (κ2) is 2.90. The van der Waals surface area contributed by atoms with Gasteiger partial charge in [0.1, 0.15) is 0 Å². The van der Waals surface area contributed by atoms with Crippen molar-refractivity contribution < 1.29 is 4.79 Å². The second-order valence-corrected chi connectivity index (χ2v) is 3.79. The molecule has 0 radical (unpaired) electrons. The molecule has 1 aliphatic rings. The lowest BCUT2D eigenvalue weighted by Crippen LogP contribution is -2.41. The number of carbonyl (C=O) groups excluding carboxylic acids is 1. The summed E-state index contributed by atoms with van der Waals surface area (Å²) < 4.78 is 1.07. The van der Waals surface area contributed by atoms with Gasteiger partial charge >= 0.3 is 0 Å². The summed E-state index contributed by atoms with van der Waals surface area (Å²) in [5, 5.41) is 2.82. The largest absolute Gasteiger partial charge is 0.349 e. The molecule has 1 aromatic rings. The first-order chi connectivity index (χ1) is 5.75. The number of carbonyl (C=O) groups is 1. The van der Waals surface area contributed by atoms with Gasteiger partial charge in [0.25, 0.3) is 0 Å². The molecule has 2 rings (SSSR count). The molecule has 1 fully saturated rings. The van der Waals surface area contributed by atoms with E-state index in [1.54, 1.807) is 0 Å². The number of benzene rings is 1. The summed E-state index contributed by atoms with van der Waals surface area (Å²) in [5.41, 5.74) is 1.18. The summed E-state index contributed by atoms with van der Waals surface area (Å²) in [6.07, 6.45) is 0.627. The zero-order chi connectivity index (χ0) is 8.55. The van der Waals surface area contributed by atoms with Crippen molar-refractivity contribution in [3.63, 3.8) is 0 Å². The van der Waals surface area contributed by atoms with E-state index in [4.69, 9.17) is 0 Å². The molecule has 1 amide bonds. The number of rotatable bonds is 1. The Labute approximate surface area is 79.1 Å². The fourth-order valence-electron chi connectivity index (χ4n) is 1.25. The van der Waals surface area contributed by atoms with Gasteiger partial charge in [0.05, 0.1) is 12.5 Å². The Kier molecular flexibility index (Phi) is 1.89. The van der Waals surface area contributed by atoms with E-state index in [1.807, 2.05) is 24.3 Å². The van der Waals surface area contributed by atoms with Crippen molar-refractivity contribution in [2.75, 3.05) is 0 Å². The quantitative estimate of drug-likeness (QED) is 0.729. The van der Waals surface area contributed by atoms with Crippen molar-refractivity contribution >= 4 is 21.8 Å². The van der Waals surface area contributed by atoms with E-state index in [1.165, 1.54) is 5.56 Å². The lowest BCUT2D eigenvalue weighted by Gasteiger charge is -2.27. The minimum absolute atomic E-state index is 0.142. The number of β-lactam (4-membered cyclic amide) rings is 1. The van der Waals surface area contributed by atoms with Crippen LogP contribution in [0.5, 0.6) is 0 Å². The molecule has 0 aliphatic carbocycles. The number of halogens is 1. The Morgan fingerprint density at radius 1 is 1.33 bits per heavy atom. The van der Waals surface area contributed by atoms with Crippen LogP contribution in [0.1, 0.15) is 18.0 Å². The van der Waals surface area contributed by atoms with E-state index in [0.29, 0.717) is 6.42 Å². The van der Waals surface area contributed by atoms with Crippen molar-refractivity contribution in [1.82, 2.24) is 5.32 Å². The molecule has 12 heavy (non-hydrogen) atoms. The zero-order valence-electron chi connectivity index (χ0n) is 6.38. The van der Waals surface area contributed by atoms with Crippen LogP contribution in [0.4, 0.5) is 0 Å². The Bertz CT molecular complexity index is 299. The molecule has 0 saturated carbocycles. The highest BCUT2D eigenvalue weighted by atomic mass is 79.9. The highest BCUT2D eigenvalue weighted by molar-refractivity contribution is 9.10. The molecule has 0 spiro atoms. The van der Waals surface area contributed by atoms with Crippen molar-refractivity contribution in [2.24, 2.45) is 0 Å². The first kappa shape index (κ1) is 7.80. The van der Waals surface area contributed by atoms with Crippen LogP contribution in [0.2, 0.25) is 0 Å². The molecule has 2 nitrogen and oxygen atoms in total. The molecular weight excluding hydrogens is 218 g/mol. The predicted molar refractivity (Wildman–Crippen MR) is 49.6 cm³/mol. The molecule has 0 unspecified atom stereocenters. The third kappa shape index (κ3) is 1.37. The standard InChI is InChI=1S/C9H8BrNO/c10-7-3-1-6(2-4-7)8-5-9(12)11-8/h1-4,8H,5H2,(H,11,12)/t8-/m0/s1. The van der Waals surface area contributed by atoms with Gasteiger partial charge in [-0.2, -0.15) is 0 Å².